The summed E-state index contributed by atoms with van der Waals surface area (Å²) in [5.41, 5.74) is 6.24. The maximum atomic E-state index is 9.69. The Bertz CT molecular complexity index is 372. The summed E-state index contributed by atoms with van der Waals surface area (Å²) >= 11 is 3.40. The van der Waals surface area contributed by atoms with Crippen molar-refractivity contribution in [1.29, 1.82) is 0 Å². The first kappa shape index (κ1) is 11.7. The summed E-state index contributed by atoms with van der Waals surface area (Å²) < 4.78 is 0.861. The molecule has 16 heavy (non-hydrogen) atoms. The van der Waals surface area contributed by atoms with Gasteiger partial charge in [0.2, 0.25) is 0 Å². The van der Waals surface area contributed by atoms with Crippen LogP contribution in [0.2, 0.25) is 0 Å². The fraction of sp³-hybridized carbons (Fsp3) is 0.545. The van der Waals surface area contributed by atoms with E-state index in [4.69, 9.17) is 5.73 Å². The average molecular weight is 286 g/mol. The number of aliphatic hydroxyl groups excluding tert-OH is 1. The SMILES string of the molecule is Nc1cnc(NCC2CCCC2O)c(Br)c1. The molecule has 4 nitrogen and oxygen atoms in total. The molecular weight excluding hydrogens is 270 g/mol. The molecule has 0 saturated heterocycles. The highest BCUT2D eigenvalue weighted by Crippen LogP contribution is 2.27. The van der Waals surface area contributed by atoms with E-state index in [1.54, 1.807) is 6.20 Å². The molecule has 0 amide bonds. The molecule has 1 heterocycles. The molecule has 2 rings (SSSR count). The summed E-state index contributed by atoms with van der Waals surface area (Å²) in [5.74, 6) is 1.12. The maximum absolute atomic E-state index is 9.69. The van der Waals surface area contributed by atoms with E-state index < -0.39 is 0 Å². The molecule has 1 saturated carbocycles. The highest BCUT2D eigenvalue weighted by molar-refractivity contribution is 9.10. The molecule has 1 aromatic heterocycles. The largest absolute Gasteiger partial charge is 0.397 e. The highest BCUT2D eigenvalue weighted by atomic mass is 79.9. The summed E-state index contributed by atoms with van der Waals surface area (Å²) in [4.78, 5) is 4.20. The van der Waals surface area contributed by atoms with Gasteiger partial charge in [0.25, 0.3) is 0 Å². The number of nitrogens with two attached hydrogens (primary N) is 1. The van der Waals surface area contributed by atoms with Crippen molar-refractivity contribution in [3.63, 3.8) is 0 Å². The number of halogens is 1. The van der Waals surface area contributed by atoms with E-state index in [0.29, 0.717) is 11.6 Å². The van der Waals surface area contributed by atoms with Crippen LogP contribution in [0, 0.1) is 5.92 Å². The summed E-state index contributed by atoms with van der Waals surface area (Å²) in [6.45, 7) is 0.761. The Labute approximate surface area is 103 Å². The van der Waals surface area contributed by atoms with Gasteiger partial charge in [0.1, 0.15) is 5.82 Å². The fourth-order valence-electron chi connectivity index (χ4n) is 2.07. The number of nitrogen functional groups attached to an aromatic ring is 1. The first-order chi connectivity index (χ1) is 7.66. The third-order valence-electron chi connectivity index (χ3n) is 3.01. The quantitative estimate of drug-likeness (QED) is 0.794. The van der Waals surface area contributed by atoms with Crippen LogP contribution in [-0.2, 0) is 0 Å². The van der Waals surface area contributed by atoms with Crippen LogP contribution >= 0.6 is 15.9 Å². The second-order valence-electron chi connectivity index (χ2n) is 4.24. The van der Waals surface area contributed by atoms with E-state index >= 15 is 0 Å². The summed E-state index contributed by atoms with van der Waals surface area (Å²) in [7, 11) is 0. The van der Waals surface area contributed by atoms with Gasteiger partial charge in [-0.25, -0.2) is 4.98 Å². The van der Waals surface area contributed by atoms with Crippen LogP contribution in [0.5, 0.6) is 0 Å². The highest BCUT2D eigenvalue weighted by Gasteiger charge is 2.24. The van der Waals surface area contributed by atoms with Crippen molar-refractivity contribution < 1.29 is 5.11 Å². The van der Waals surface area contributed by atoms with E-state index in [1.807, 2.05) is 6.07 Å². The predicted octanol–water partition coefficient (Wildman–Crippen LogP) is 2.00. The van der Waals surface area contributed by atoms with Gasteiger partial charge in [-0.05, 0) is 34.8 Å². The lowest BCUT2D eigenvalue weighted by molar-refractivity contribution is 0.138. The van der Waals surface area contributed by atoms with E-state index in [2.05, 4.69) is 26.2 Å². The standard InChI is InChI=1S/C11H16BrN3O/c12-9-4-8(13)6-15-11(9)14-5-7-2-1-3-10(7)16/h4,6-7,10,16H,1-3,5,13H2,(H,14,15). The molecule has 1 aromatic rings. The number of rotatable bonds is 3. The Morgan fingerprint density at radius 3 is 3.00 bits per heavy atom. The number of nitrogens with one attached hydrogen (secondary N) is 1. The van der Waals surface area contributed by atoms with Crippen molar-refractivity contribution in [2.24, 2.45) is 5.92 Å². The first-order valence-corrected chi connectivity index (χ1v) is 6.29. The minimum atomic E-state index is -0.167. The molecule has 1 aliphatic rings. The van der Waals surface area contributed by atoms with Crippen LogP contribution in [0.15, 0.2) is 16.7 Å². The Morgan fingerprint density at radius 1 is 1.56 bits per heavy atom. The van der Waals surface area contributed by atoms with Crippen LogP contribution in [0.1, 0.15) is 19.3 Å². The molecule has 5 heteroatoms. The first-order valence-electron chi connectivity index (χ1n) is 5.50. The van der Waals surface area contributed by atoms with Gasteiger partial charge in [0, 0.05) is 12.5 Å². The van der Waals surface area contributed by atoms with E-state index in [-0.39, 0.29) is 6.10 Å². The van der Waals surface area contributed by atoms with Crippen molar-refractivity contribution in [1.82, 2.24) is 4.98 Å². The topological polar surface area (TPSA) is 71.2 Å². The number of anilines is 2. The molecule has 0 spiro atoms. The lowest BCUT2D eigenvalue weighted by Crippen LogP contribution is -2.22. The zero-order valence-corrected chi connectivity index (χ0v) is 10.6. The van der Waals surface area contributed by atoms with Crippen molar-refractivity contribution in [2.45, 2.75) is 25.4 Å². The van der Waals surface area contributed by atoms with Crippen LogP contribution in [-0.4, -0.2) is 22.7 Å². The van der Waals surface area contributed by atoms with Crippen molar-refractivity contribution in [3.8, 4) is 0 Å². The fourth-order valence-corrected chi connectivity index (χ4v) is 2.57. The Hall–Kier alpha value is -0.810. The van der Waals surface area contributed by atoms with Gasteiger partial charge in [-0.15, -0.1) is 0 Å². The predicted molar refractivity (Wildman–Crippen MR) is 68.2 cm³/mol. The minimum absolute atomic E-state index is 0.167. The number of aliphatic hydroxyl groups is 1. The molecule has 0 radical (unpaired) electrons. The lowest BCUT2D eigenvalue weighted by Gasteiger charge is -2.16. The Balaban J connectivity index is 1.94. The van der Waals surface area contributed by atoms with Crippen molar-refractivity contribution >= 4 is 27.4 Å². The number of pyridine rings is 1. The summed E-state index contributed by atoms with van der Waals surface area (Å²) in [6, 6.07) is 1.82. The van der Waals surface area contributed by atoms with Crippen LogP contribution < -0.4 is 11.1 Å². The van der Waals surface area contributed by atoms with E-state index in [1.165, 1.54) is 0 Å². The van der Waals surface area contributed by atoms with Crippen LogP contribution in [0.3, 0.4) is 0 Å². The summed E-state index contributed by atoms with van der Waals surface area (Å²) in [5, 5.41) is 12.9. The molecule has 4 N–H and O–H groups in total. The summed E-state index contributed by atoms with van der Waals surface area (Å²) in [6.07, 6.45) is 4.57. The molecule has 0 aromatic carbocycles. The van der Waals surface area contributed by atoms with Crippen LogP contribution in [0.25, 0.3) is 0 Å². The van der Waals surface area contributed by atoms with Gasteiger partial charge in [-0.2, -0.15) is 0 Å². The molecule has 88 valence electrons. The van der Waals surface area contributed by atoms with Gasteiger partial charge < -0.3 is 16.2 Å². The molecular formula is C11H16BrN3O. The second kappa shape index (κ2) is 5.01. The average Bonchev–Trinajstić information content (AvgIpc) is 2.63. The minimum Gasteiger partial charge on any atom is -0.397 e. The lowest BCUT2D eigenvalue weighted by atomic mass is 10.1. The second-order valence-corrected chi connectivity index (χ2v) is 5.09. The monoisotopic (exact) mass is 285 g/mol. The van der Waals surface area contributed by atoms with Gasteiger partial charge in [-0.3, -0.25) is 0 Å². The molecule has 0 aliphatic heterocycles. The number of hydrogen-bond acceptors (Lipinski definition) is 4. The zero-order valence-electron chi connectivity index (χ0n) is 8.99. The molecule has 2 atom stereocenters. The number of nitrogens with zero attached hydrogens (tertiary/aromatic N) is 1. The maximum Gasteiger partial charge on any atom is 0.140 e. The van der Waals surface area contributed by atoms with Crippen molar-refractivity contribution in [3.05, 3.63) is 16.7 Å². The van der Waals surface area contributed by atoms with Crippen LogP contribution in [0.4, 0.5) is 11.5 Å². The molecule has 1 fully saturated rings. The molecule has 1 aliphatic carbocycles. The van der Waals surface area contributed by atoms with Gasteiger partial charge in [-0.1, -0.05) is 6.42 Å². The zero-order chi connectivity index (χ0) is 11.5. The number of hydrogen-bond donors (Lipinski definition) is 3. The smallest absolute Gasteiger partial charge is 0.140 e. The van der Waals surface area contributed by atoms with Gasteiger partial charge in [0.15, 0.2) is 0 Å². The normalized spacial score (nSPS) is 24.6. The Morgan fingerprint density at radius 2 is 2.38 bits per heavy atom. The third kappa shape index (κ3) is 2.65. The van der Waals surface area contributed by atoms with E-state index in [0.717, 1.165) is 36.1 Å². The van der Waals surface area contributed by atoms with Gasteiger partial charge >= 0.3 is 0 Å². The Kier molecular flexibility index (Phi) is 3.66. The third-order valence-corrected chi connectivity index (χ3v) is 3.62. The van der Waals surface area contributed by atoms with Crippen molar-refractivity contribution in [2.75, 3.05) is 17.6 Å². The van der Waals surface area contributed by atoms with E-state index in [9.17, 15) is 5.11 Å². The van der Waals surface area contributed by atoms with Gasteiger partial charge in [0.05, 0.1) is 22.5 Å². The molecule has 2 unspecified atom stereocenters. The molecule has 0 bridgehead atoms. The number of aromatic nitrogens is 1.